The number of hydrogen-bond donors (Lipinski definition) is 1. The molecular weight excluding hydrogens is 443 g/mol. The molecule has 0 bridgehead atoms. The van der Waals surface area contributed by atoms with Crippen LogP contribution in [0.2, 0.25) is 5.02 Å². The first-order valence-electron chi connectivity index (χ1n) is 10.5. The Kier molecular flexibility index (Phi) is 6.47. The van der Waals surface area contributed by atoms with Crippen molar-refractivity contribution < 1.29 is 18.7 Å². The molecule has 0 saturated heterocycles. The molecule has 4 rings (SSSR count). The van der Waals surface area contributed by atoms with Crippen LogP contribution in [0.4, 0.5) is 10.1 Å². The Labute approximate surface area is 196 Å². The quantitative estimate of drug-likeness (QED) is 0.464. The number of hydrogen-bond acceptors (Lipinski definition) is 4. The van der Waals surface area contributed by atoms with Gasteiger partial charge in [0.05, 0.1) is 18.7 Å². The molecule has 7 heteroatoms. The summed E-state index contributed by atoms with van der Waals surface area (Å²) in [5.41, 5.74) is 2.57. The summed E-state index contributed by atoms with van der Waals surface area (Å²) in [5.74, 6) is -0.869. The Morgan fingerprint density at radius 2 is 1.73 bits per heavy atom. The van der Waals surface area contributed by atoms with Gasteiger partial charge in [0.2, 0.25) is 0 Å². The molecule has 0 aromatic heterocycles. The van der Waals surface area contributed by atoms with Crippen LogP contribution in [0.15, 0.2) is 72.4 Å². The monoisotopic (exact) mass is 464 g/mol. The van der Waals surface area contributed by atoms with Crippen molar-refractivity contribution in [3.05, 3.63) is 100.0 Å². The van der Waals surface area contributed by atoms with Crippen molar-refractivity contribution in [1.29, 1.82) is 0 Å². The van der Waals surface area contributed by atoms with Crippen LogP contribution in [0.1, 0.15) is 23.6 Å². The molecule has 0 saturated carbocycles. The summed E-state index contributed by atoms with van der Waals surface area (Å²) in [6, 6.07) is 18.3. The highest BCUT2D eigenvalue weighted by Gasteiger charge is 2.39. The second-order valence-corrected chi connectivity index (χ2v) is 7.99. The van der Waals surface area contributed by atoms with Crippen molar-refractivity contribution in [3.8, 4) is 5.75 Å². The lowest BCUT2D eigenvalue weighted by Gasteiger charge is -2.16. The molecule has 5 nitrogen and oxygen atoms in total. The highest BCUT2D eigenvalue weighted by atomic mass is 35.5. The number of amides is 2. The van der Waals surface area contributed by atoms with Gasteiger partial charge in [0.25, 0.3) is 11.8 Å². The third-order valence-electron chi connectivity index (χ3n) is 5.35. The molecule has 0 radical (unpaired) electrons. The number of ether oxygens (including phenoxy) is 1. The normalized spacial score (nSPS) is 13.6. The summed E-state index contributed by atoms with van der Waals surface area (Å²) in [4.78, 5) is 27.8. The van der Waals surface area contributed by atoms with Crippen molar-refractivity contribution in [2.24, 2.45) is 0 Å². The maximum Gasteiger partial charge on any atom is 0.278 e. The lowest BCUT2D eigenvalue weighted by atomic mass is 10.0. The van der Waals surface area contributed by atoms with E-state index in [4.69, 9.17) is 16.3 Å². The molecule has 1 aliphatic rings. The maximum atomic E-state index is 14.3. The first-order valence-corrected chi connectivity index (χ1v) is 10.9. The fourth-order valence-electron chi connectivity index (χ4n) is 3.60. The van der Waals surface area contributed by atoms with Crippen LogP contribution in [0.25, 0.3) is 5.57 Å². The van der Waals surface area contributed by atoms with E-state index in [1.165, 1.54) is 6.07 Å². The van der Waals surface area contributed by atoms with E-state index in [1.807, 2.05) is 19.9 Å². The van der Waals surface area contributed by atoms with E-state index in [-0.39, 0.29) is 23.4 Å². The third-order valence-corrected chi connectivity index (χ3v) is 5.76. The van der Waals surface area contributed by atoms with Crippen LogP contribution < -0.4 is 10.1 Å². The summed E-state index contributed by atoms with van der Waals surface area (Å²) >= 11 is 6.24. The van der Waals surface area contributed by atoms with Gasteiger partial charge in [0.15, 0.2) is 0 Å². The van der Waals surface area contributed by atoms with Crippen molar-refractivity contribution in [1.82, 2.24) is 4.90 Å². The third kappa shape index (κ3) is 4.61. The number of halogens is 2. The zero-order chi connectivity index (χ0) is 23.5. The van der Waals surface area contributed by atoms with E-state index < -0.39 is 17.6 Å². The number of aryl methyl sites for hydroxylation is 1. The zero-order valence-corrected chi connectivity index (χ0v) is 18.9. The molecule has 0 unspecified atom stereocenters. The molecule has 0 fully saturated rings. The average molecular weight is 465 g/mol. The fourth-order valence-corrected chi connectivity index (χ4v) is 3.78. The first kappa shape index (κ1) is 22.6. The van der Waals surface area contributed by atoms with E-state index in [0.29, 0.717) is 28.6 Å². The zero-order valence-electron chi connectivity index (χ0n) is 18.2. The van der Waals surface area contributed by atoms with Gasteiger partial charge in [-0.1, -0.05) is 48.0 Å². The number of anilines is 1. The number of nitrogens with one attached hydrogen (secondary N) is 1. The van der Waals surface area contributed by atoms with Crippen LogP contribution in [0.3, 0.4) is 0 Å². The number of benzene rings is 3. The fraction of sp³-hybridized carbons (Fsp3) is 0.154. The van der Waals surface area contributed by atoms with E-state index in [1.54, 1.807) is 54.6 Å². The summed E-state index contributed by atoms with van der Waals surface area (Å²) in [7, 11) is 0. The van der Waals surface area contributed by atoms with Crippen LogP contribution >= 0.6 is 11.6 Å². The Bertz CT molecular complexity index is 1250. The summed E-state index contributed by atoms with van der Waals surface area (Å²) in [6.45, 7) is 4.09. The second-order valence-electron chi connectivity index (χ2n) is 7.58. The first-order chi connectivity index (χ1) is 15.9. The molecule has 2 amide bonds. The minimum atomic E-state index is -0.538. The summed E-state index contributed by atoms with van der Waals surface area (Å²) in [5, 5.41) is 3.60. The van der Waals surface area contributed by atoms with Gasteiger partial charge in [-0.05, 0) is 55.3 Å². The number of nitrogens with zero attached hydrogens (tertiary/aromatic N) is 1. The Hall–Kier alpha value is -3.64. The van der Waals surface area contributed by atoms with Gasteiger partial charge in [0, 0.05) is 16.3 Å². The maximum absolute atomic E-state index is 14.3. The highest BCUT2D eigenvalue weighted by Crippen LogP contribution is 2.33. The van der Waals surface area contributed by atoms with Crippen LogP contribution in [-0.4, -0.2) is 23.3 Å². The predicted molar refractivity (Wildman–Crippen MR) is 126 cm³/mol. The molecule has 0 aliphatic carbocycles. The molecule has 1 N–H and O–H groups in total. The van der Waals surface area contributed by atoms with E-state index in [0.717, 1.165) is 10.5 Å². The molecule has 3 aromatic rings. The van der Waals surface area contributed by atoms with Gasteiger partial charge in [0.1, 0.15) is 17.3 Å². The van der Waals surface area contributed by atoms with Gasteiger partial charge in [-0.2, -0.15) is 0 Å². The van der Waals surface area contributed by atoms with Gasteiger partial charge in [-0.15, -0.1) is 0 Å². The summed E-state index contributed by atoms with van der Waals surface area (Å²) < 4.78 is 19.7. The highest BCUT2D eigenvalue weighted by molar-refractivity contribution is 6.36. The van der Waals surface area contributed by atoms with Gasteiger partial charge < -0.3 is 10.1 Å². The van der Waals surface area contributed by atoms with E-state index in [9.17, 15) is 14.0 Å². The largest absolute Gasteiger partial charge is 0.494 e. The standard InChI is InChI=1S/C26H22ClFN2O3/c1-3-33-20-12-9-17(10-13-20)23-24(29-19-11-8-16(2)21(27)14-19)26(32)30(25(23)31)15-18-6-4-5-7-22(18)28/h4-14,29H,3,15H2,1-2H3. The number of rotatable bonds is 7. The minimum absolute atomic E-state index is 0.111. The average Bonchev–Trinajstić information content (AvgIpc) is 3.03. The van der Waals surface area contributed by atoms with Gasteiger partial charge in [-0.3, -0.25) is 14.5 Å². The van der Waals surface area contributed by atoms with Crippen LogP contribution in [-0.2, 0) is 16.1 Å². The lowest BCUT2D eigenvalue weighted by Crippen LogP contribution is -2.32. The molecular formula is C26H22ClFN2O3. The number of carbonyl (C=O) groups is 2. The Morgan fingerprint density at radius 1 is 1.00 bits per heavy atom. The van der Waals surface area contributed by atoms with Crippen molar-refractivity contribution in [3.63, 3.8) is 0 Å². The predicted octanol–water partition coefficient (Wildman–Crippen LogP) is 5.58. The molecule has 0 spiro atoms. The van der Waals surface area contributed by atoms with Gasteiger partial charge in [-0.25, -0.2) is 4.39 Å². The SMILES string of the molecule is CCOc1ccc(C2=C(Nc3ccc(C)c(Cl)c3)C(=O)N(Cc3ccccc3F)C2=O)cc1. The molecule has 1 heterocycles. The molecule has 33 heavy (non-hydrogen) atoms. The Balaban J connectivity index is 1.74. The molecule has 1 aliphatic heterocycles. The topological polar surface area (TPSA) is 58.6 Å². The lowest BCUT2D eigenvalue weighted by molar-refractivity contribution is -0.137. The summed E-state index contributed by atoms with van der Waals surface area (Å²) in [6.07, 6.45) is 0. The second kappa shape index (κ2) is 9.46. The molecule has 168 valence electrons. The van der Waals surface area contributed by atoms with Crippen molar-refractivity contribution >= 4 is 34.7 Å². The van der Waals surface area contributed by atoms with Crippen LogP contribution in [0, 0.1) is 12.7 Å². The van der Waals surface area contributed by atoms with E-state index >= 15 is 0 Å². The number of carbonyl (C=O) groups excluding carboxylic acids is 2. The minimum Gasteiger partial charge on any atom is -0.494 e. The van der Waals surface area contributed by atoms with Crippen molar-refractivity contribution in [2.75, 3.05) is 11.9 Å². The number of imide groups is 1. The Morgan fingerprint density at radius 3 is 2.39 bits per heavy atom. The van der Waals surface area contributed by atoms with Gasteiger partial charge >= 0.3 is 0 Å². The molecule has 0 atom stereocenters. The molecule has 3 aromatic carbocycles. The van der Waals surface area contributed by atoms with Crippen molar-refractivity contribution in [2.45, 2.75) is 20.4 Å². The smallest absolute Gasteiger partial charge is 0.278 e. The van der Waals surface area contributed by atoms with Crippen LogP contribution in [0.5, 0.6) is 5.75 Å². The van der Waals surface area contributed by atoms with E-state index in [2.05, 4.69) is 5.32 Å².